The van der Waals surface area contributed by atoms with Gasteiger partial charge in [0.15, 0.2) is 30.5 Å². The third-order valence-corrected chi connectivity index (χ3v) is 7.21. The summed E-state index contributed by atoms with van der Waals surface area (Å²) in [7, 11) is 0. The number of thioether (sulfide) groups is 1. The van der Waals surface area contributed by atoms with Gasteiger partial charge in [0.25, 0.3) is 0 Å². The highest BCUT2D eigenvalue weighted by Crippen LogP contribution is 2.46. The molecule has 224 valence electrons. The van der Waals surface area contributed by atoms with Gasteiger partial charge in [-0.1, -0.05) is 0 Å². The Morgan fingerprint density at radius 2 is 1.27 bits per heavy atom. The number of hydrogen-bond donors (Lipinski definition) is 0. The standard InChI is InChI=1S/C24H32O15S/c1-10(25)31-7-16-18(34-12(3)27)20(36-14(5)29)21-23(38-16)40-9-24(39-21)22(37-15(6)30)19(35-13(4)28)17(8-32-24)33-11(2)26/h16-23H,7-9H2,1-6H3/t16-,17-,18-,19-,20+,21-,22+,23+,24+/m1/s1. The third kappa shape index (κ3) is 7.62. The van der Waals surface area contributed by atoms with E-state index < -0.39 is 89.8 Å². The Morgan fingerprint density at radius 1 is 0.725 bits per heavy atom. The summed E-state index contributed by atoms with van der Waals surface area (Å²) >= 11 is 1.13. The molecule has 15 nitrogen and oxygen atoms in total. The van der Waals surface area contributed by atoms with E-state index in [0.29, 0.717) is 0 Å². The number of fused-ring (bicyclic) bond motifs is 1. The molecule has 3 aliphatic rings. The van der Waals surface area contributed by atoms with Crippen molar-refractivity contribution in [3.8, 4) is 0 Å². The zero-order chi connectivity index (χ0) is 29.8. The second kappa shape index (κ2) is 13.1. The Hall–Kier alpha value is -2.95. The Labute approximate surface area is 233 Å². The summed E-state index contributed by atoms with van der Waals surface area (Å²) in [5.74, 6) is -6.17. The number of rotatable bonds is 7. The molecule has 3 aliphatic heterocycles. The highest BCUT2D eigenvalue weighted by molar-refractivity contribution is 7.99. The first-order chi connectivity index (χ1) is 18.7. The van der Waals surface area contributed by atoms with Crippen LogP contribution in [0.2, 0.25) is 0 Å². The van der Waals surface area contributed by atoms with E-state index in [2.05, 4.69) is 0 Å². The van der Waals surface area contributed by atoms with Crippen LogP contribution in [0.15, 0.2) is 0 Å². The summed E-state index contributed by atoms with van der Waals surface area (Å²) in [5, 5.41) is 0. The van der Waals surface area contributed by atoms with Crippen LogP contribution in [0, 0.1) is 0 Å². The molecule has 0 aliphatic carbocycles. The molecule has 0 saturated carbocycles. The Balaban J connectivity index is 2.01. The summed E-state index contributed by atoms with van der Waals surface area (Å²) in [4.78, 5) is 71.4. The van der Waals surface area contributed by atoms with Gasteiger partial charge < -0.3 is 42.6 Å². The third-order valence-electron chi connectivity index (χ3n) is 5.93. The fourth-order valence-corrected chi connectivity index (χ4v) is 5.98. The van der Waals surface area contributed by atoms with E-state index in [0.717, 1.165) is 46.4 Å². The van der Waals surface area contributed by atoms with Crippen molar-refractivity contribution in [1.82, 2.24) is 0 Å². The maximum Gasteiger partial charge on any atom is 0.303 e. The minimum Gasteiger partial charge on any atom is -0.463 e. The molecule has 0 unspecified atom stereocenters. The van der Waals surface area contributed by atoms with Crippen molar-refractivity contribution >= 4 is 47.6 Å². The van der Waals surface area contributed by atoms with Gasteiger partial charge in [-0.2, -0.15) is 0 Å². The van der Waals surface area contributed by atoms with Crippen molar-refractivity contribution in [2.24, 2.45) is 0 Å². The van der Waals surface area contributed by atoms with Crippen LogP contribution in [0.5, 0.6) is 0 Å². The molecule has 0 aromatic carbocycles. The molecule has 0 bridgehead atoms. The smallest absolute Gasteiger partial charge is 0.303 e. The molecule has 9 atom stereocenters. The topological polar surface area (TPSA) is 185 Å². The molecule has 0 aromatic heterocycles. The predicted octanol–water partition coefficient (Wildman–Crippen LogP) is -0.209. The van der Waals surface area contributed by atoms with Gasteiger partial charge in [0.05, 0.1) is 12.4 Å². The SMILES string of the molecule is CC(=O)OC[C@H]1O[C@H]2SC[C@]3(OC[C@@H](OC(C)=O)[C@@H](OC(C)=O)[C@@H]3OC(C)=O)O[C@@H]2[C@@H](OC(C)=O)[C@@H]1OC(C)=O. The first kappa shape index (κ1) is 31.6. The molecule has 0 amide bonds. The number of carbonyl (C=O) groups excluding carboxylic acids is 6. The first-order valence-corrected chi connectivity index (χ1v) is 13.4. The number of ether oxygens (including phenoxy) is 9. The Morgan fingerprint density at radius 3 is 1.82 bits per heavy atom. The van der Waals surface area contributed by atoms with Crippen LogP contribution in [-0.2, 0) is 71.4 Å². The lowest BCUT2D eigenvalue weighted by atomic mass is 9.94. The number of carbonyl (C=O) groups is 6. The van der Waals surface area contributed by atoms with E-state index in [4.69, 9.17) is 42.6 Å². The first-order valence-electron chi connectivity index (χ1n) is 12.3. The fraction of sp³-hybridized carbons (Fsp3) is 0.750. The van der Waals surface area contributed by atoms with E-state index in [1.54, 1.807) is 0 Å². The average Bonchev–Trinajstić information content (AvgIpc) is 2.82. The molecule has 3 saturated heterocycles. The van der Waals surface area contributed by atoms with Crippen molar-refractivity contribution in [3.63, 3.8) is 0 Å². The van der Waals surface area contributed by atoms with Gasteiger partial charge in [0.2, 0.25) is 5.79 Å². The summed E-state index contributed by atoms with van der Waals surface area (Å²) in [6.07, 6.45) is -8.67. The Kier molecular flexibility index (Phi) is 10.4. The molecule has 3 rings (SSSR count). The number of hydrogen-bond acceptors (Lipinski definition) is 16. The van der Waals surface area contributed by atoms with Gasteiger partial charge in [0.1, 0.15) is 24.3 Å². The van der Waals surface area contributed by atoms with Crippen LogP contribution < -0.4 is 0 Å². The van der Waals surface area contributed by atoms with E-state index in [1.807, 2.05) is 0 Å². The Bertz CT molecular complexity index is 1020. The minimum atomic E-state index is -1.81. The van der Waals surface area contributed by atoms with Gasteiger partial charge in [-0.15, -0.1) is 11.8 Å². The van der Waals surface area contributed by atoms with Crippen molar-refractivity contribution in [3.05, 3.63) is 0 Å². The molecule has 1 spiro atoms. The minimum absolute atomic E-state index is 0.0536. The van der Waals surface area contributed by atoms with Crippen LogP contribution in [0.3, 0.4) is 0 Å². The van der Waals surface area contributed by atoms with Crippen molar-refractivity contribution in [1.29, 1.82) is 0 Å². The summed E-state index contributed by atoms with van der Waals surface area (Å²) in [5.41, 5.74) is -0.859. The van der Waals surface area contributed by atoms with Gasteiger partial charge in [-0.05, 0) is 0 Å². The van der Waals surface area contributed by atoms with Crippen molar-refractivity contribution in [2.75, 3.05) is 19.0 Å². The lowest BCUT2D eigenvalue weighted by Crippen LogP contribution is -2.72. The summed E-state index contributed by atoms with van der Waals surface area (Å²) in [6, 6.07) is 0. The molecule has 0 aromatic rings. The average molecular weight is 593 g/mol. The van der Waals surface area contributed by atoms with E-state index in [1.165, 1.54) is 6.92 Å². The van der Waals surface area contributed by atoms with Crippen LogP contribution in [-0.4, -0.2) is 109 Å². The lowest BCUT2D eigenvalue weighted by molar-refractivity contribution is -0.368. The molecule has 16 heteroatoms. The predicted molar refractivity (Wildman–Crippen MR) is 129 cm³/mol. The lowest BCUT2D eigenvalue weighted by Gasteiger charge is -2.55. The second-order valence-electron chi connectivity index (χ2n) is 9.26. The van der Waals surface area contributed by atoms with Gasteiger partial charge in [0, 0.05) is 41.5 Å². The normalized spacial score (nSPS) is 35.0. The van der Waals surface area contributed by atoms with E-state index in [9.17, 15) is 28.8 Å². The van der Waals surface area contributed by atoms with Crippen LogP contribution in [0.25, 0.3) is 0 Å². The molecular formula is C24H32O15S. The molecule has 0 radical (unpaired) electrons. The van der Waals surface area contributed by atoms with Crippen LogP contribution in [0.4, 0.5) is 0 Å². The van der Waals surface area contributed by atoms with Crippen LogP contribution in [0.1, 0.15) is 41.5 Å². The van der Waals surface area contributed by atoms with Gasteiger partial charge in [-0.25, -0.2) is 0 Å². The van der Waals surface area contributed by atoms with Crippen molar-refractivity contribution in [2.45, 2.75) is 95.5 Å². The molecule has 3 heterocycles. The molecular weight excluding hydrogens is 560 g/mol. The highest BCUT2D eigenvalue weighted by Gasteiger charge is 2.64. The van der Waals surface area contributed by atoms with Crippen LogP contribution >= 0.6 is 11.8 Å². The maximum atomic E-state index is 12.2. The van der Waals surface area contributed by atoms with Crippen molar-refractivity contribution < 1.29 is 71.4 Å². The second-order valence-corrected chi connectivity index (χ2v) is 10.3. The quantitative estimate of drug-likeness (QED) is 0.279. The monoisotopic (exact) mass is 592 g/mol. The highest BCUT2D eigenvalue weighted by atomic mass is 32.2. The largest absolute Gasteiger partial charge is 0.463 e. The molecule has 40 heavy (non-hydrogen) atoms. The fourth-order valence-electron chi connectivity index (χ4n) is 4.64. The zero-order valence-electron chi connectivity index (χ0n) is 22.8. The zero-order valence-corrected chi connectivity index (χ0v) is 23.6. The van der Waals surface area contributed by atoms with Gasteiger partial charge >= 0.3 is 35.8 Å². The molecule has 3 fully saturated rings. The summed E-state index contributed by atoms with van der Waals surface area (Å²) in [6.45, 7) is 6.24. The van der Waals surface area contributed by atoms with Gasteiger partial charge in [-0.3, -0.25) is 28.8 Å². The molecule has 0 N–H and O–H groups in total. The number of esters is 6. The van der Waals surface area contributed by atoms with E-state index in [-0.39, 0.29) is 19.0 Å². The summed E-state index contributed by atoms with van der Waals surface area (Å²) < 4.78 is 50.6. The maximum absolute atomic E-state index is 12.2. The van der Waals surface area contributed by atoms with E-state index >= 15 is 0 Å².